The minimum absolute atomic E-state index is 0.0304. The summed E-state index contributed by atoms with van der Waals surface area (Å²) in [5.41, 5.74) is 1.53. The minimum atomic E-state index is -2.03. The Morgan fingerprint density at radius 1 is 0.957 bits per heavy atom. The first-order valence-corrected chi connectivity index (χ1v) is 23.1. The molecule has 4 aromatic rings. The summed E-state index contributed by atoms with van der Waals surface area (Å²) in [5.74, 6) is -4.13. The normalized spacial score (nSPS) is 17.0. The number of esters is 1. The maximum Gasteiger partial charge on any atom is 0.408 e. The van der Waals surface area contributed by atoms with Crippen molar-refractivity contribution in [3.8, 4) is 11.4 Å². The third kappa shape index (κ3) is 11.1. The topological polar surface area (TPSA) is 268 Å². The zero-order chi connectivity index (χ0) is 50.7. The number of benzene rings is 2. The van der Waals surface area contributed by atoms with E-state index < -0.39 is 90.0 Å². The predicted octanol–water partition coefficient (Wildman–Crippen LogP) is 1.16. The molecule has 7 rings (SSSR count). The first-order valence-electron chi connectivity index (χ1n) is 23.1. The molecule has 2 aliphatic heterocycles. The molecule has 0 spiro atoms. The molecule has 20 nitrogen and oxygen atoms in total. The number of pyridine rings is 2. The van der Waals surface area contributed by atoms with Crippen LogP contribution in [-0.4, -0.2) is 119 Å². The number of nitrogens with one attached hydrogen (secondary N) is 6. The fourth-order valence-electron chi connectivity index (χ4n) is 9.01. The number of hydrogen-bond donors (Lipinski definition) is 7. The molecule has 0 saturated carbocycles. The number of nitrogens with zero attached hydrogens (tertiary/aromatic N) is 3. The van der Waals surface area contributed by atoms with Gasteiger partial charge in [0.2, 0.25) is 29.5 Å². The Bertz CT molecular complexity index is 2830. The van der Waals surface area contributed by atoms with E-state index in [2.05, 4.69) is 31.9 Å². The molecular formula is C49H58FN9O11. The largest absolute Gasteiger partial charge is 0.458 e. The van der Waals surface area contributed by atoms with Crippen LogP contribution in [-0.2, 0) is 69.8 Å². The van der Waals surface area contributed by atoms with Crippen molar-refractivity contribution in [1.29, 1.82) is 0 Å². The summed E-state index contributed by atoms with van der Waals surface area (Å²) < 4.78 is 27.2. The first kappa shape index (κ1) is 50.6. The van der Waals surface area contributed by atoms with E-state index in [0.29, 0.717) is 46.3 Å². The number of ether oxygens (including phenoxy) is 2. The molecule has 0 fully saturated rings. The van der Waals surface area contributed by atoms with E-state index in [4.69, 9.17) is 14.5 Å². The molecule has 6 amide bonds. The van der Waals surface area contributed by atoms with E-state index in [-0.39, 0.29) is 62.7 Å². The van der Waals surface area contributed by atoms with Crippen molar-refractivity contribution < 1.29 is 52.5 Å². The molecule has 21 heteroatoms. The smallest absolute Gasteiger partial charge is 0.408 e. The van der Waals surface area contributed by atoms with Gasteiger partial charge in [-0.15, -0.1) is 0 Å². The molecule has 1 aliphatic carbocycles. The molecule has 0 unspecified atom stereocenters. The Hall–Kier alpha value is -7.26. The van der Waals surface area contributed by atoms with Crippen LogP contribution < -0.4 is 37.5 Å². The number of halogens is 1. The Morgan fingerprint density at radius 2 is 1.66 bits per heavy atom. The zero-order valence-electron chi connectivity index (χ0n) is 39.9. The number of hydrogen-bond acceptors (Lipinski definition) is 13. The Morgan fingerprint density at radius 3 is 2.37 bits per heavy atom. The zero-order valence-corrected chi connectivity index (χ0v) is 39.9. The van der Waals surface area contributed by atoms with Crippen LogP contribution in [0, 0.1) is 12.7 Å². The first-order chi connectivity index (χ1) is 33.2. The van der Waals surface area contributed by atoms with Crippen molar-refractivity contribution in [2.24, 2.45) is 0 Å². The Balaban J connectivity index is 0.938. The number of aliphatic hydroxyl groups is 1. The van der Waals surface area contributed by atoms with Crippen LogP contribution in [0.15, 0.2) is 47.3 Å². The number of aryl methyl sites for hydroxylation is 1. The summed E-state index contributed by atoms with van der Waals surface area (Å²) in [6.07, 6.45) is 0.136. The second-order valence-corrected chi connectivity index (χ2v) is 18.7. The van der Waals surface area contributed by atoms with Crippen LogP contribution >= 0.6 is 0 Å². The lowest BCUT2D eigenvalue weighted by atomic mass is 9.81. The Kier molecular flexibility index (Phi) is 15.0. The molecule has 4 heterocycles. The number of alkyl carbamates (subject to hydrolysis) is 1. The third-order valence-corrected chi connectivity index (χ3v) is 12.5. The fourth-order valence-corrected chi connectivity index (χ4v) is 9.01. The van der Waals surface area contributed by atoms with Crippen LogP contribution in [0.1, 0.15) is 85.5 Å². The summed E-state index contributed by atoms with van der Waals surface area (Å²) in [7, 11) is 1.70. The highest BCUT2D eigenvalue weighted by molar-refractivity contribution is 5.95. The maximum atomic E-state index is 15.4. The summed E-state index contributed by atoms with van der Waals surface area (Å²) in [5, 5.41) is 27.7. The molecular weight excluding hydrogens is 910 g/mol. The number of aromatic nitrogens is 2. The van der Waals surface area contributed by atoms with Gasteiger partial charge >= 0.3 is 12.1 Å². The average molecular weight is 968 g/mol. The van der Waals surface area contributed by atoms with Crippen molar-refractivity contribution in [1.82, 2.24) is 46.4 Å². The third-order valence-electron chi connectivity index (χ3n) is 12.5. The van der Waals surface area contributed by atoms with E-state index in [1.165, 1.54) is 10.6 Å². The number of amides is 6. The predicted molar refractivity (Wildman–Crippen MR) is 251 cm³/mol. The summed E-state index contributed by atoms with van der Waals surface area (Å²) in [6.45, 7) is 7.08. The summed E-state index contributed by atoms with van der Waals surface area (Å²) in [4.78, 5) is 110. The number of likely N-dealkylation sites (N-methyl/N-ethyl adjacent to an activating group) is 1. The van der Waals surface area contributed by atoms with Gasteiger partial charge in [0.15, 0.2) is 5.60 Å². The standard InChI is InChI=1S/C49H58FN9O11/c1-7-49(68)31-18-36-43-29(23-59(36)45(65)30(31)25-69-46(49)66)42-33(14-13-28-26(2)32(50)19-34(57-43)41(28)42)55-40(63)24-58(6)16-15-51-37(60)20-53-44(64)35(17-27-11-9-8-10-12-27)56-39(62)22-52-38(61)21-54-47(67)70-48(3,4)5/h8-12,18-19,33,35,68H,7,13-17,20-25H2,1-6H3,(H,51,60)(H,52,61)(H,53,64)(H,54,67)(H,55,63)(H,56,62)/t33-,35-,49-/m0/s1. The van der Waals surface area contributed by atoms with Crippen molar-refractivity contribution >= 4 is 52.5 Å². The molecule has 0 saturated heterocycles. The summed E-state index contributed by atoms with van der Waals surface area (Å²) in [6, 6.07) is 10.2. The van der Waals surface area contributed by atoms with Gasteiger partial charge in [-0.25, -0.2) is 19.0 Å². The van der Waals surface area contributed by atoms with Crippen molar-refractivity contribution in [2.45, 2.75) is 96.7 Å². The van der Waals surface area contributed by atoms with E-state index in [1.807, 2.05) is 0 Å². The van der Waals surface area contributed by atoms with Gasteiger partial charge < -0.3 is 51.0 Å². The van der Waals surface area contributed by atoms with Crippen LogP contribution in [0.25, 0.3) is 22.3 Å². The molecule has 3 atom stereocenters. The van der Waals surface area contributed by atoms with Gasteiger partial charge in [-0.05, 0) is 82.3 Å². The highest BCUT2D eigenvalue weighted by atomic mass is 19.1. The van der Waals surface area contributed by atoms with Crippen LogP contribution in [0.3, 0.4) is 0 Å². The number of carbonyl (C=O) groups is 7. The second kappa shape index (κ2) is 20.8. The number of carbonyl (C=O) groups excluding carboxylic acids is 7. The van der Waals surface area contributed by atoms with E-state index in [0.717, 1.165) is 16.7 Å². The molecule has 0 radical (unpaired) electrons. The van der Waals surface area contributed by atoms with Crippen LogP contribution in [0.2, 0.25) is 0 Å². The van der Waals surface area contributed by atoms with Crippen molar-refractivity contribution in [3.05, 3.63) is 97.6 Å². The molecule has 3 aliphatic rings. The monoisotopic (exact) mass is 967 g/mol. The van der Waals surface area contributed by atoms with Gasteiger partial charge in [0.25, 0.3) is 5.56 Å². The molecule has 372 valence electrons. The molecule has 0 bridgehead atoms. The number of rotatable bonds is 17. The van der Waals surface area contributed by atoms with Gasteiger partial charge in [0.1, 0.15) is 30.6 Å². The lowest BCUT2D eigenvalue weighted by Crippen LogP contribution is -2.52. The number of fused-ring (bicyclic) bond motifs is 5. The van der Waals surface area contributed by atoms with Crippen LogP contribution in [0.4, 0.5) is 9.18 Å². The van der Waals surface area contributed by atoms with Gasteiger partial charge in [0.05, 0.1) is 54.7 Å². The van der Waals surface area contributed by atoms with Crippen LogP contribution in [0.5, 0.6) is 0 Å². The lowest BCUT2D eigenvalue weighted by Gasteiger charge is -2.31. The highest BCUT2D eigenvalue weighted by Gasteiger charge is 2.46. The quantitative estimate of drug-likeness (QED) is 0.0646. The molecule has 2 aromatic heterocycles. The van der Waals surface area contributed by atoms with Gasteiger partial charge in [0, 0.05) is 42.1 Å². The maximum absolute atomic E-state index is 15.4. The van der Waals surface area contributed by atoms with E-state index in [1.54, 1.807) is 83.0 Å². The minimum Gasteiger partial charge on any atom is -0.458 e. The van der Waals surface area contributed by atoms with Crippen molar-refractivity contribution in [3.63, 3.8) is 0 Å². The fraction of sp³-hybridized carbons (Fsp3) is 0.449. The highest BCUT2D eigenvalue weighted by Crippen LogP contribution is 2.46. The molecule has 2 aromatic carbocycles. The summed E-state index contributed by atoms with van der Waals surface area (Å²) >= 11 is 0. The Labute approximate surface area is 402 Å². The van der Waals surface area contributed by atoms with Gasteiger partial charge in [-0.3, -0.25) is 33.7 Å². The van der Waals surface area contributed by atoms with E-state index >= 15 is 4.39 Å². The molecule has 7 N–H and O–H groups in total. The number of cyclic esters (lactones) is 1. The molecule has 70 heavy (non-hydrogen) atoms. The average Bonchev–Trinajstić information content (AvgIpc) is 3.68. The second-order valence-electron chi connectivity index (χ2n) is 18.7. The lowest BCUT2D eigenvalue weighted by molar-refractivity contribution is -0.172. The van der Waals surface area contributed by atoms with Gasteiger partial charge in [-0.2, -0.15) is 0 Å². The SMILES string of the molecule is CC[C@@]1(O)C(=O)OCc2c1cc1n(c2=O)Cc2c-1nc1cc(F)c(C)c3c1c2[C@@H](NC(=O)CN(C)CCNC(=O)CNC(=O)[C@H](Cc1ccccc1)NC(=O)CNC(=O)CNC(=O)OC(C)(C)C)CC3. The van der Waals surface area contributed by atoms with E-state index in [9.17, 15) is 43.5 Å². The van der Waals surface area contributed by atoms with Crippen molar-refractivity contribution in [2.75, 3.05) is 46.3 Å². The van der Waals surface area contributed by atoms with Gasteiger partial charge in [-0.1, -0.05) is 37.3 Å².